The minimum atomic E-state index is -3.68. The van der Waals surface area contributed by atoms with Gasteiger partial charge in [-0.05, 0) is 32.1 Å². The van der Waals surface area contributed by atoms with Crippen LogP contribution in [0, 0.1) is 6.92 Å². The summed E-state index contributed by atoms with van der Waals surface area (Å²) < 4.78 is 23.9. The third-order valence-corrected chi connectivity index (χ3v) is 4.10. The molecule has 0 saturated carbocycles. The van der Waals surface area contributed by atoms with E-state index in [1.54, 1.807) is 18.2 Å². The van der Waals surface area contributed by atoms with Gasteiger partial charge in [0.05, 0.1) is 10.6 Å². The van der Waals surface area contributed by atoms with Crippen molar-refractivity contribution in [3.05, 3.63) is 41.5 Å². The summed E-state index contributed by atoms with van der Waals surface area (Å²) in [7, 11) is -3.68. The highest BCUT2D eigenvalue weighted by atomic mass is 32.2. The van der Waals surface area contributed by atoms with Crippen LogP contribution in [0.1, 0.15) is 18.9 Å². The lowest BCUT2D eigenvalue weighted by Gasteiger charge is -2.06. The van der Waals surface area contributed by atoms with Crippen molar-refractivity contribution in [1.82, 2.24) is 4.83 Å². The Hall–Kier alpha value is -1.66. The van der Waals surface area contributed by atoms with Crippen molar-refractivity contribution in [2.75, 3.05) is 0 Å². The molecule has 0 aliphatic heterocycles. The largest absolute Gasteiger partial charge is 0.386 e. The van der Waals surface area contributed by atoms with Gasteiger partial charge >= 0.3 is 0 Å². The summed E-state index contributed by atoms with van der Waals surface area (Å²) in [6.07, 6.45) is 1.44. The van der Waals surface area contributed by atoms with Crippen molar-refractivity contribution in [3.63, 3.8) is 0 Å². The molecule has 102 valence electrons. The molecule has 0 heterocycles. The van der Waals surface area contributed by atoms with Crippen LogP contribution in [-0.4, -0.2) is 25.3 Å². The highest BCUT2D eigenvalue weighted by molar-refractivity contribution is 7.89. The van der Waals surface area contributed by atoms with Gasteiger partial charge in [0.2, 0.25) is 0 Å². The average molecular weight is 280 g/mol. The van der Waals surface area contributed by atoms with E-state index in [-0.39, 0.29) is 4.90 Å². The van der Waals surface area contributed by atoms with Crippen LogP contribution in [0.15, 0.2) is 45.9 Å². The minimum absolute atomic E-state index is 0.149. The summed E-state index contributed by atoms with van der Waals surface area (Å²) in [6.45, 7) is 3.74. The number of hydrazone groups is 1. The first-order valence-corrected chi connectivity index (χ1v) is 7.38. The molecule has 1 aromatic carbocycles. The topological polar surface area (TPSA) is 78.8 Å². The molecular weight excluding hydrogens is 264 g/mol. The Morgan fingerprint density at radius 2 is 1.89 bits per heavy atom. The van der Waals surface area contributed by atoms with E-state index >= 15 is 0 Å². The van der Waals surface area contributed by atoms with Gasteiger partial charge in [-0.3, -0.25) is 0 Å². The second-order valence-electron chi connectivity index (χ2n) is 4.66. The van der Waals surface area contributed by atoms with Crippen molar-refractivity contribution in [3.8, 4) is 0 Å². The van der Waals surface area contributed by atoms with Crippen molar-refractivity contribution in [2.24, 2.45) is 5.10 Å². The molecule has 1 aliphatic carbocycles. The number of benzene rings is 1. The van der Waals surface area contributed by atoms with E-state index in [0.717, 1.165) is 11.1 Å². The number of aliphatic hydroxyl groups is 1. The van der Waals surface area contributed by atoms with E-state index in [0.29, 0.717) is 12.1 Å². The van der Waals surface area contributed by atoms with Crippen LogP contribution in [0.2, 0.25) is 0 Å². The molecule has 0 bridgehead atoms. The molecule has 1 aromatic rings. The summed E-state index contributed by atoms with van der Waals surface area (Å²) >= 11 is 0. The molecule has 6 heteroatoms. The Labute approximate surface area is 112 Å². The molecule has 0 fully saturated rings. The van der Waals surface area contributed by atoms with Gasteiger partial charge in [0.1, 0.15) is 6.10 Å². The highest BCUT2D eigenvalue weighted by Crippen LogP contribution is 2.16. The molecule has 1 atom stereocenters. The van der Waals surface area contributed by atoms with Crippen LogP contribution >= 0.6 is 0 Å². The van der Waals surface area contributed by atoms with Gasteiger partial charge in [-0.25, -0.2) is 0 Å². The lowest BCUT2D eigenvalue weighted by Crippen LogP contribution is -2.23. The Kier molecular flexibility index (Phi) is 3.73. The van der Waals surface area contributed by atoms with Gasteiger partial charge in [-0.1, -0.05) is 23.3 Å². The van der Waals surface area contributed by atoms with Gasteiger partial charge in [0.25, 0.3) is 10.0 Å². The minimum Gasteiger partial charge on any atom is -0.386 e. The molecule has 2 rings (SSSR count). The molecule has 1 aliphatic rings. The van der Waals surface area contributed by atoms with Crippen LogP contribution in [0.5, 0.6) is 0 Å². The number of hydrogen-bond acceptors (Lipinski definition) is 4. The number of aryl methyl sites for hydroxylation is 1. The van der Waals surface area contributed by atoms with E-state index in [4.69, 9.17) is 0 Å². The second kappa shape index (κ2) is 5.14. The van der Waals surface area contributed by atoms with Gasteiger partial charge in [-0.15, -0.1) is 0 Å². The molecule has 0 amide bonds. The van der Waals surface area contributed by atoms with E-state index in [9.17, 15) is 13.5 Å². The van der Waals surface area contributed by atoms with Gasteiger partial charge < -0.3 is 5.11 Å². The predicted molar refractivity (Wildman–Crippen MR) is 73.3 cm³/mol. The standard InChI is InChI=1S/C13H16N2O3S/c1-9-3-5-11(6-4-9)19(17,18)15-14-12-7-10(2)8-13(12)16/h3-7,13,15-16H,8H2,1-2H3/b14-12-. The van der Waals surface area contributed by atoms with Gasteiger partial charge in [0, 0.05) is 6.42 Å². The maximum atomic E-state index is 12.0. The van der Waals surface area contributed by atoms with Crippen LogP contribution in [0.4, 0.5) is 0 Å². The molecule has 19 heavy (non-hydrogen) atoms. The van der Waals surface area contributed by atoms with Gasteiger partial charge in [0.15, 0.2) is 0 Å². The molecule has 5 nitrogen and oxygen atoms in total. The first-order chi connectivity index (χ1) is 8.88. The average Bonchev–Trinajstić information content (AvgIpc) is 2.66. The zero-order valence-electron chi connectivity index (χ0n) is 10.8. The summed E-state index contributed by atoms with van der Waals surface area (Å²) in [5.41, 5.74) is 2.30. The molecule has 0 aromatic heterocycles. The van der Waals surface area contributed by atoms with Crippen LogP contribution < -0.4 is 4.83 Å². The van der Waals surface area contributed by atoms with Crippen molar-refractivity contribution >= 4 is 15.7 Å². The third kappa shape index (κ3) is 3.21. The predicted octanol–water partition coefficient (Wildman–Crippen LogP) is 1.34. The lowest BCUT2D eigenvalue weighted by molar-refractivity contribution is 0.247. The number of hydrogen-bond donors (Lipinski definition) is 2. The second-order valence-corrected chi connectivity index (χ2v) is 6.32. The van der Waals surface area contributed by atoms with Crippen molar-refractivity contribution in [2.45, 2.75) is 31.3 Å². The summed E-state index contributed by atoms with van der Waals surface area (Å²) in [6, 6.07) is 6.47. The number of aliphatic hydroxyl groups excluding tert-OH is 1. The fourth-order valence-electron chi connectivity index (χ4n) is 1.81. The van der Waals surface area contributed by atoms with E-state index in [1.165, 1.54) is 12.1 Å². The third-order valence-electron chi connectivity index (χ3n) is 2.88. The van der Waals surface area contributed by atoms with E-state index < -0.39 is 16.1 Å². The maximum absolute atomic E-state index is 12.0. The lowest BCUT2D eigenvalue weighted by atomic mass is 10.2. The van der Waals surface area contributed by atoms with E-state index in [1.807, 2.05) is 13.8 Å². The highest BCUT2D eigenvalue weighted by Gasteiger charge is 2.20. The smallest absolute Gasteiger partial charge is 0.276 e. The van der Waals surface area contributed by atoms with Crippen LogP contribution in [-0.2, 0) is 10.0 Å². The first kappa shape index (κ1) is 13.8. The Morgan fingerprint density at radius 1 is 1.26 bits per heavy atom. The summed E-state index contributed by atoms with van der Waals surface area (Å²) in [4.78, 5) is 2.29. The summed E-state index contributed by atoms with van der Waals surface area (Å²) in [5, 5.41) is 13.4. The van der Waals surface area contributed by atoms with Gasteiger partial charge in [-0.2, -0.15) is 18.4 Å². The molecule has 0 spiro atoms. The molecule has 0 radical (unpaired) electrons. The number of nitrogens with one attached hydrogen (secondary N) is 1. The van der Waals surface area contributed by atoms with Crippen LogP contribution in [0.3, 0.4) is 0 Å². The maximum Gasteiger partial charge on any atom is 0.276 e. The zero-order valence-corrected chi connectivity index (χ0v) is 11.6. The number of sulfonamides is 1. The SMILES string of the molecule is CC1=C/C(=N/NS(=O)(=O)c2ccc(C)cc2)C(O)C1. The fourth-order valence-corrected chi connectivity index (χ4v) is 2.63. The van der Waals surface area contributed by atoms with Crippen molar-refractivity contribution in [1.29, 1.82) is 0 Å². The molecule has 1 unspecified atom stereocenters. The van der Waals surface area contributed by atoms with Crippen molar-refractivity contribution < 1.29 is 13.5 Å². The monoisotopic (exact) mass is 280 g/mol. The summed E-state index contributed by atoms with van der Waals surface area (Å²) in [5.74, 6) is 0. The fraction of sp³-hybridized carbons (Fsp3) is 0.308. The molecular formula is C13H16N2O3S. The first-order valence-electron chi connectivity index (χ1n) is 5.90. The van der Waals surface area contributed by atoms with E-state index in [2.05, 4.69) is 9.93 Å². The zero-order chi connectivity index (χ0) is 14.0. The van der Waals surface area contributed by atoms with Crippen LogP contribution in [0.25, 0.3) is 0 Å². The quantitative estimate of drug-likeness (QED) is 0.820. The Bertz CT molecular complexity index is 630. The molecule has 2 N–H and O–H groups in total. The Morgan fingerprint density at radius 3 is 2.42 bits per heavy atom. The number of nitrogens with zero attached hydrogens (tertiary/aromatic N) is 1. The molecule has 0 saturated heterocycles. The number of rotatable bonds is 3. The normalized spacial score (nSPS) is 21.5. The Balaban J connectivity index is 2.19.